The van der Waals surface area contributed by atoms with Gasteiger partial charge >= 0.3 is 12.2 Å². The average molecular weight is 482 g/mol. The Balaban J connectivity index is 2.33. The third kappa shape index (κ3) is 10.1. The molecule has 0 aromatic carbocycles. The lowest BCUT2D eigenvalue weighted by atomic mass is 10.1. The highest BCUT2D eigenvalue weighted by molar-refractivity contribution is 6.12. The maximum Gasteiger partial charge on any atom is 0.407 e. The number of carbonyl (C=O) groups excluding carboxylic acids is 6. The summed E-state index contributed by atoms with van der Waals surface area (Å²) in [7, 11) is 7.64. The van der Waals surface area contributed by atoms with E-state index in [-0.39, 0.29) is 32.5 Å². The number of unbranched alkanes of at least 4 members (excludes halogenated alkanes) is 1. The summed E-state index contributed by atoms with van der Waals surface area (Å²) >= 11 is 0. The van der Waals surface area contributed by atoms with Gasteiger partial charge in [0.25, 0.3) is 0 Å². The molecule has 1 aliphatic rings. The SMILES string of the molecule is [B]NC1CC(=O)N(CCC(=O)NCCNC(=O)C(CCCCNC(=O)OC)NC(=O)OC)C1=O. The zero-order valence-electron chi connectivity index (χ0n) is 19.3. The van der Waals surface area contributed by atoms with Gasteiger partial charge in [0.15, 0.2) is 7.98 Å². The monoisotopic (exact) mass is 482 g/mol. The highest BCUT2D eigenvalue weighted by Crippen LogP contribution is 2.12. The lowest BCUT2D eigenvalue weighted by Gasteiger charge is -2.18. The van der Waals surface area contributed by atoms with Crippen molar-refractivity contribution in [2.45, 2.75) is 44.2 Å². The Hall–Kier alpha value is -3.36. The Kier molecular flexibility index (Phi) is 13.1. The summed E-state index contributed by atoms with van der Waals surface area (Å²) in [5, 5.41) is 12.4. The third-order valence-electron chi connectivity index (χ3n) is 4.92. The minimum Gasteiger partial charge on any atom is -0.453 e. The number of alkyl carbamates (subject to hydrolysis) is 2. The highest BCUT2D eigenvalue weighted by atomic mass is 16.5. The normalized spacial score (nSPS) is 15.9. The molecule has 0 bridgehead atoms. The van der Waals surface area contributed by atoms with Crippen molar-refractivity contribution in [1.29, 1.82) is 0 Å². The van der Waals surface area contributed by atoms with Crippen molar-refractivity contribution >= 4 is 43.8 Å². The number of ether oxygens (including phenoxy) is 2. The fourth-order valence-corrected chi connectivity index (χ4v) is 3.07. The van der Waals surface area contributed by atoms with Crippen LogP contribution in [0.1, 0.15) is 32.1 Å². The van der Waals surface area contributed by atoms with Gasteiger partial charge in [-0.05, 0) is 19.3 Å². The summed E-state index contributed by atoms with van der Waals surface area (Å²) < 4.78 is 8.99. The Morgan fingerprint density at radius 3 is 2.29 bits per heavy atom. The molecule has 2 unspecified atom stereocenters. The molecule has 1 rings (SSSR count). The van der Waals surface area contributed by atoms with Crippen LogP contribution in [0, 0.1) is 0 Å². The standard InChI is InChI=1S/C19H31BN6O8/c1-33-18(31)23-7-4-3-5-12(24-19(32)34-2)16(29)22-9-8-21-14(27)6-10-26-15(28)11-13(25-20)17(26)30/h12-13,25H,3-11H2,1-2H3,(H,21,27)(H,22,29)(H,23,31)(H,24,32). The van der Waals surface area contributed by atoms with Crippen molar-refractivity contribution in [2.75, 3.05) is 40.4 Å². The first-order valence-electron chi connectivity index (χ1n) is 10.7. The summed E-state index contributed by atoms with van der Waals surface area (Å²) in [5.74, 6) is -1.74. The number of carbonyl (C=O) groups is 6. The summed E-state index contributed by atoms with van der Waals surface area (Å²) in [6.07, 6.45) is -0.0784. The van der Waals surface area contributed by atoms with E-state index >= 15 is 0 Å². The number of nitrogens with one attached hydrogen (secondary N) is 5. The number of likely N-dealkylation sites (tertiary alicyclic amines) is 1. The van der Waals surface area contributed by atoms with Crippen molar-refractivity contribution in [3.63, 3.8) is 0 Å². The van der Waals surface area contributed by atoms with Gasteiger partial charge in [0.2, 0.25) is 23.6 Å². The lowest BCUT2D eigenvalue weighted by Crippen LogP contribution is -2.48. The molecule has 1 aliphatic heterocycles. The van der Waals surface area contributed by atoms with E-state index in [1.54, 1.807) is 0 Å². The second kappa shape index (κ2) is 15.5. The van der Waals surface area contributed by atoms with Crippen LogP contribution in [-0.4, -0.2) is 101 Å². The number of hydrogen-bond donors (Lipinski definition) is 5. The van der Waals surface area contributed by atoms with Crippen molar-refractivity contribution in [3.8, 4) is 0 Å². The maximum atomic E-state index is 12.4. The Morgan fingerprint density at radius 2 is 1.68 bits per heavy atom. The smallest absolute Gasteiger partial charge is 0.407 e. The van der Waals surface area contributed by atoms with Crippen LogP contribution >= 0.6 is 0 Å². The van der Waals surface area contributed by atoms with Gasteiger partial charge in [-0.25, -0.2) is 9.59 Å². The lowest BCUT2D eigenvalue weighted by molar-refractivity contribution is -0.139. The van der Waals surface area contributed by atoms with Gasteiger partial charge in [-0.15, -0.1) is 0 Å². The molecule has 15 heteroatoms. The van der Waals surface area contributed by atoms with Gasteiger partial charge < -0.3 is 36.0 Å². The second-order valence-corrected chi connectivity index (χ2v) is 7.30. The molecule has 5 N–H and O–H groups in total. The van der Waals surface area contributed by atoms with Gasteiger partial charge in [0.05, 0.1) is 26.7 Å². The fraction of sp³-hybridized carbons (Fsp3) is 0.684. The third-order valence-corrected chi connectivity index (χ3v) is 4.92. The quantitative estimate of drug-likeness (QED) is 0.103. The summed E-state index contributed by atoms with van der Waals surface area (Å²) in [4.78, 5) is 71.6. The van der Waals surface area contributed by atoms with Gasteiger partial charge in [-0.1, -0.05) is 0 Å². The molecule has 0 saturated carbocycles. The minimum absolute atomic E-state index is 0.0500. The van der Waals surface area contributed by atoms with Crippen LogP contribution in [0.5, 0.6) is 0 Å². The predicted molar refractivity (Wildman–Crippen MR) is 118 cm³/mol. The molecule has 1 fully saturated rings. The van der Waals surface area contributed by atoms with Crippen LogP contribution in [0.15, 0.2) is 0 Å². The number of rotatable bonds is 14. The summed E-state index contributed by atoms with van der Waals surface area (Å²) in [6, 6.07) is -1.64. The van der Waals surface area contributed by atoms with E-state index in [1.165, 1.54) is 14.2 Å². The predicted octanol–water partition coefficient (Wildman–Crippen LogP) is -2.34. The Bertz CT molecular complexity index is 752. The number of imide groups is 1. The maximum absolute atomic E-state index is 12.4. The first-order valence-corrected chi connectivity index (χ1v) is 10.7. The second-order valence-electron chi connectivity index (χ2n) is 7.30. The van der Waals surface area contributed by atoms with Crippen molar-refractivity contribution in [3.05, 3.63) is 0 Å². The van der Waals surface area contributed by atoms with Crippen LogP contribution < -0.4 is 26.5 Å². The molecule has 1 saturated heterocycles. The Labute approximate surface area is 198 Å². The first-order chi connectivity index (χ1) is 16.2. The number of hydrogen-bond acceptors (Lipinski definition) is 9. The zero-order valence-corrected chi connectivity index (χ0v) is 19.3. The van der Waals surface area contributed by atoms with Crippen LogP contribution in [0.2, 0.25) is 0 Å². The van der Waals surface area contributed by atoms with E-state index in [9.17, 15) is 28.8 Å². The molecule has 188 valence electrons. The van der Waals surface area contributed by atoms with Gasteiger partial charge in [-0.2, -0.15) is 0 Å². The van der Waals surface area contributed by atoms with Crippen molar-refractivity contribution in [1.82, 2.24) is 31.4 Å². The Morgan fingerprint density at radius 1 is 1.00 bits per heavy atom. The number of nitrogens with zero attached hydrogens (tertiary/aromatic N) is 1. The minimum atomic E-state index is -0.863. The molecule has 0 spiro atoms. The molecule has 6 amide bonds. The van der Waals surface area contributed by atoms with E-state index in [2.05, 4.69) is 36.0 Å². The van der Waals surface area contributed by atoms with E-state index in [4.69, 9.17) is 7.98 Å². The molecule has 1 heterocycles. The van der Waals surface area contributed by atoms with E-state index < -0.39 is 47.9 Å². The molecule has 0 aromatic heterocycles. The molecule has 0 aliphatic carbocycles. The molecular formula is C19H31BN6O8. The van der Waals surface area contributed by atoms with Crippen molar-refractivity contribution < 1.29 is 38.2 Å². The van der Waals surface area contributed by atoms with Crippen LogP contribution in [0.3, 0.4) is 0 Å². The van der Waals surface area contributed by atoms with Crippen LogP contribution in [-0.2, 0) is 28.7 Å². The van der Waals surface area contributed by atoms with E-state index in [1.807, 2.05) is 0 Å². The van der Waals surface area contributed by atoms with E-state index in [0.717, 1.165) is 4.90 Å². The van der Waals surface area contributed by atoms with Gasteiger partial charge in [-0.3, -0.25) is 24.1 Å². The molecule has 2 radical (unpaired) electrons. The molecule has 2 atom stereocenters. The van der Waals surface area contributed by atoms with Crippen LogP contribution in [0.25, 0.3) is 0 Å². The fourth-order valence-electron chi connectivity index (χ4n) is 3.07. The summed E-state index contributed by atoms with van der Waals surface area (Å²) in [6.45, 7) is 0.481. The van der Waals surface area contributed by atoms with Gasteiger partial charge in [0, 0.05) is 32.6 Å². The molecule has 0 aromatic rings. The number of methoxy groups -OCH3 is 2. The first kappa shape index (κ1) is 28.7. The average Bonchev–Trinajstić information content (AvgIpc) is 3.10. The van der Waals surface area contributed by atoms with Gasteiger partial charge in [0.1, 0.15) is 6.04 Å². The zero-order chi connectivity index (χ0) is 25.5. The van der Waals surface area contributed by atoms with E-state index in [0.29, 0.717) is 25.8 Å². The molecular weight excluding hydrogens is 451 g/mol. The topological polar surface area (TPSA) is 184 Å². The molecule has 14 nitrogen and oxygen atoms in total. The van der Waals surface area contributed by atoms with Crippen molar-refractivity contribution in [2.24, 2.45) is 0 Å². The summed E-state index contributed by atoms with van der Waals surface area (Å²) in [5.41, 5.74) is 0. The highest BCUT2D eigenvalue weighted by Gasteiger charge is 2.37. The molecule has 34 heavy (non-hydrogen) atoms. The van der Waals surface area contributed by atoms with Crippen LogP contribution in [0.4, 0.5) is 9.59 Å². The largest absolute Gasteiger partial charge is 0.453 e. The number of amides is 6.